The van der Waals surface area contributed by atoms with E-state index in [4.69, 9.17) is 16.1 Å². The van der Waals surface area contributed by atoms with Crippen molar-refractivity contribution < 1.29 is 4.79 Å². The van der Waals surface area contributed by atoms with Crippen LogP contribution < -0.4 is 26.2 Å². The fourth-order valence-corrected chi connectivity index (χ4v) is 8.54. The number of amidine groups is 1. The second-order valence-corrected chi connectivity index (χ2v) is 14.0. The number of pyridine rings is 1. The predicted octanol–water partition coefficient (Wildman–Crippen LogP) is 3.05. The van der Waals surface area contributed by atoms with Crippen molar-refractivity contribution in [1.29, 1.82) is 10.7 Å². The van der Waals surface area contributed by atoms with Crippen LogP contribution in [-0.4, -0.2) is 81.0 Å². The molecule has 2 aromatic heterocycles. The van der Waals surface area contributed by atoms with Gasteiger partial charge in [-0.05, 0) is 83.5 Å². The number of nitrogen functional groups attached to an aromatic ring is 1. The number of nitrogens with two attached hydrogens (primary N) is 1. The van der Waals surface area contributed by atoms with Gasteiger partial charge < -0.3 is 31.1 Å². The molecule has 5 N–H and O–H groups in total. The van der Waals surface area contributed by atoms with Crippen molar-refractivity contribution in [2.75, 3.05) is 74.9 Å². The van der Waals surface area contributed by atoms with Gasteiger partial charge in [0.15, 0.2) is 5.84 Å². The summed E-state index contributed by atoms with van der Waals surface area (Å²) in [6.45, 7) is 9.77. The molecule has 224 valence electrons. The molecule has 4 aliphatic rings. The van der Waals surface area contributed by atoms with E-state index in [-0.39, 0.29) is 11.7 Å². The highest BCUT2D eigenvalue weighted by molar-refractivity contribution is 7.16. The van der Waals surface area contributed by atoms with Gasteiger partial charge in [-0.15, -0.1) is 11.3 Å². The van der Waals surface area contributed by atoms with Crippen LogP contribution in [-0.2, 0) is 16.6 Å². The molecule has 0 saturated carbocycles. The van der Waals surface area contributed by atoms with E-state index in [1.165, 1.54) is 24.2 Å². The summed E-state index contributed by atoms with van der Waals surface area (Å²) in [5.41, 5.74) is 8.35. The summed E-state index contributed by atoms with van der Waals surface area (Å²) in [6, 6.07) is 6.36. The predicted molar refractivity (Wildman–Crippen MR) is 169 cm³/mol. The minimum atomic E-state index is -0.924. The van der Waals surface area contributed by atoms with E-state index in [0.29, 0.717) is 28.1 Å². The normalized spacial score (nSPS) is 24.2. The maximum Gasteiger partial charge on any atom is 0.236 e. The Morgan fingerprint density at radius 2 is 1.81 bits per heavy atom. The quantitative estimate of drug-likeness (QED) is 0.316. The Morgan fingerprint density at radius 3 is 2.50 bits per heavy atom. The lowest BCUT2D eigenvalue weighted by molar-refractivity contribution is -0.125. The number of piperazine rings is 1. The van der Waals surface area contributed by atoms with Gasteiger partial charge in [-0.1, -0.05) is 0 Å². The second-order valence-electron chi connectivity index (χ2n) is 12.9. The topological polar surface area (TPSA) is 137 Å². The van der Waals surface area contributed by atoms with Crippen LogP contribution >= 0.6 is 11.3 Å². The number of aryl methyl sites for hydroxylation is 1. The van der Waals surface area contributed by atoms with Crippen LogP contribution in [0.15, 0.2) is 12.1 Å². The first-order chi connectivity index (χ1) is 20.2. The summed E-state index contributed by atoms with van der Waals surface area (Å²) in [6.07, 6.45) is 7.05. The molecule has 5 heterocycles. The third-order valence-corrected chi connectivity index (χ3v) is 11.3. The molecule has 0 aromatic carbocycles. The third-order valence-electron chi connectivity index (χ3n) is 10.2. The molecule has 11 heteroatoms. The average Bonchev–Trinajstić information content (AvgIpc) is 3.34. The Hall–Kier alpha value is -3.20. The van der Waals surface area contributed by atoms with E-state index in [1.54, 1.807) is 0 Å². The summed E-state index contributed by atoms with van der Waals surface area (Å²) in [7, 11) is 2.15. The molecule has 1 aliphatic carbocycles. The minimum absolute atomic E-state index is 0.000815. The van der Waals surface area contributed by atoms with Crippen LogP contribution in [0.1, 0.15) is 67.1 Å². The minimum Gasteiger partial charge on any atom is -0.389 e. The number of anilines is 3. The van der Waals surface area contributed by atoms with Crippen LogP contribution in [0.4, 0.5) is 16.5 Å². The van der Waals surface area contributed by atoms with E-state index in [0.717, 1.165) is 100.0 Å². The van der Waals surface area contributed by atoms with Gasteiger partial charge in [0.2, 0.25) is 5.91 Å². The molecule has 0 bridgehead atoms. The summed E-state index contributed by atoms with van der Waals surface area (Å²) < 4.78 is 0. The second kappa shape index (κ2) is 11.5. The number of rotatable bonds is 4. The van der Waals surface area contributed by atoms with Crippen LogP contribution in [0.5, 0.6) is 0 Å². The first-order valence-electron chi connectivity index (χ1n) is 15.3. The molecular weight excluding hydrogens is 546 g/mol. The molecule has 6 rings (SSSR count). The molecule has 0 radical (unpaired) electrons. The lowest BCUT2D eigenvalue weighted by Crippen LogP contribution is -2.47. The number of nitrogens with one attached hydrogen (secondary N) is 3. The molecule has 10 nitrogen and oxygen atoms in total. The van der Waals surface area contributed by atoms with Gasteiger partial charge in [0.25, 0.3) is 0 Å². The Morgan fingerprint density at radius 1 is 1.10 bits per heavy atom. The maximum atomic E-state index is 13.9. The molecule has 42 heavy (non-hydrogen) atoms. The SMILES string of the molecule is CN1CCN(c2cc(C(=N)NC(=O)C3(C)CCCc4sc(N)c(C#N)c43)nc(N3CCC4(CCNCC4)CC3)c2)CC1. The van der Waals surface area contributed by atoms with Crippen molar-refractivity contribution in [3.05, 3.63) is 33.8 Å². The first kappa shape index (κ1) is 28.9. The molecule has 3 fully saturated rings. The number of hydrogen-bond acceptors (Lipinski definition) is 10. The summed E-state index contributed by atoms with van der Waals surface area (Å²) in [5, 5.41) is 25.7. The number of hydrogen-bond donors (Lipinski definition) is 4. The van der Waals surface area contributed by atoms with Gasteiger partial charge in [-0.3, -0.25) is 10.2 Å². The van der Waals surface area contributed by atoms with Crippen LogP contribution in [0, 0.1) is 22.2 Å². The number of carbonyl (C=O) groups is 1. The van der Waals surface area contributed by atoms with Gasteiger partial charge in [0.1, 0.15) is 22.6 Å². The molecular formula is C31H43N9OS. The zero-order valence-electron chi connectivity index (χ0n) is 24.9. The highest BCUT2D eigenvalue weighted by Gasteiger charge is 2.43. The van der Waals surface area contributed by atoms with Crippen molar-refractivity contribution in [2.45, 2.75) is 57.3 Å². The molecule has 1 amide bonds. The Balaban J connectivity index is 1.26. The maximum absolute atomic E-state index is 13.9. The lowest BCUT2D eigenvalue weighted by atomic mass is 9.71. The van der Waals surface area contributed by atoms with Crippen molar-refractivity contribution in [3.63, 3.8) is 0 Å². The monoisotopic (exact) mass is 589 g/mol. The van der Waals surface area contributed by atoms with Crippen LogP contribution in [0.25, 0.3) is 0 Å². The fourth-order valence-electron chi connectivity index (χ4n) is 7.34. The van der Waals surface area contributed by atoms with E-state index in [9.17, 15) is 10.1 Å². The number of likely N-dealkylation sites (N-methyl/N-ethyl adjacent to an activating group) is 1. The highest BCUT2D eigenvalue weighted by atomic mass is 32.1. The third kappa shape index (κ3) is 5.36. The molecule has 1 spiro atoms. The van der Waals surface area contributed by atoms with Crippen molar-refractivity contribution in [2.24, 2.45) is 5.41 Å². The summed E-state index contributed by atoms with van der Waals surface area (Å²) >= 11 is 1.41. The Kier molecular flexibility index (Phi) is 7.89. The molecule has 1 atom stereocenters. The van der Waals surface area contributed by atoms with E-state index < -0.39 is 5.41 Å². The zero-order valence-corrected chi connectivity index (χ0v) is 25.7. The van der Waals surface area contributed by atoms with Gasteiger partial charge >= 0.3 is 0 Å². The summed E-state index contributed by atoms with van der Waals surface area (Å²) in [4.78, 5) is 26.9. The number of piperidine rings is 2. The number of aromatic nitrogens is 1. The van der Waals surface area contributed by atoms with Crippen molar-refractivity contribution in [3.8, 4) is 6.07 Å². The van der Waals surface area contributed by atoms with E-state index >= 15 is 0 Å². The van der Waals surface area contributed by atoms with Gasteiger partial charge in [0, 0.05) is 61.5 Å². The van der Waals surface area contributed by atoms with E-state index in [2.05, 4.69) is 44.5 Å². The van der Waals surface area contributed by atoms with Gasteiger partial charge in [0.05, 0.1) is 11.0 Å². The molecule has 1 unspecified atom stereocenters. The fraction of sp³-hybridized carbons (Fsp3) is 0.613. The smallest absolute Gasteiger partial charge is 0.236 e. The lowest BCUT2D eigenvalue weighted by Gasteiger charge is -2.45. The van der Waals surface area contributed by atoms with E-state index in [1.807, 2.05) is 13.0 Å². The molecule has 3 aliphatic heterocycles. The largest absolute Gasteiger partial charge is 0.389 e. The number of nitriles is 1. The number of carbonyl (C=O) groups excluding carboxylic acids is 1. The standard InChI is InChI=1S/C31H43N9OS/c1-30(5-3-4-24-26(30)22(20-32)28(34)42-24)29(41)37-27(33)23-18-21(39-16-14-38(2)15-17-39)19-25(36-23)40-12-8-31(9-13-40)6-10-35-11-7-31/h18-19,35H,3-17,34H2,1-2H3,(H2,33,37,41). The zero-order chi connectivity index (χ0) is 29.5. The number of thiophene rings is 1. The highest BCUT2D eigenvalue weighted by Crippen LogP contribution is 2.46. The average molecular weight is 590 g/mol. The molecule has 3 saturated heterocycles. The van der Waals surface area contributed by atoms with Gasteiger partial charge in [-0.2, -0.15) is 5.26 Å². The van der Waals surface area contributed by atoms with Crippen molar-refractivity contribution >= 4 is 39.6 Å². The van der Waals surface area contributed by atoms with Crippen molar-refractivity contribution in [1.82, 2.24) is 20.5 Å². The van der Waals surface area contributed by atoms with Gasteiger partial charge in [-0.25, -0.2) is 4.98 Å². The number of fused-ring (bicyclic) bond motifs is 1. The number of nitrogens with zero attached hydrogens (tertiary/aromatic N) is 5. The molecule has 2 aromatic rings. The Labute approximate surface area is 252 Å². The number of amides is 1. The first-order valence-corrected chi connectivity index (χ1v) is 16.2. The summed E-state index contributed by atoms with van der Waals surface area (Å²) in [5.74, 6) is 0.605. The van der Waals surface area contributed by atoms with Crippen LogP contribution in [0.2, 0.25) is 0 Å². The van der Waals surface area contributed by atoms with Crippen LogP contribution in [0.3, 0.4) is 0 Å². The Bertz CT molecular complexity index is 1390.